The van der Waals surface area contributed by atoms with Gasteiger partial charge in [0, 0.05) is 38.8 Å². The van der Waals surface area contributed by atoms with Gasteiger partial charge < -0.3 is 10.1 Å². The van der Waals surface area contributed by atoms with Crippen molar-refractivity contribution in [3.63, 3.8) is 0 Å². The van der Waals surface area contributed by atoms with Crippen molar-refractivity contribution in [3.8, 4) is 0 Å². The highest BCUT2D eigenvalue weighted by atomic mass is 16.5. The monoisotopic (exact) mass is 196 g/mol. The summed E-state index contributed by atoms with van der Waals surface area (Å²) < 4.78 is 5.48. The van der Waals surface area contributed by atoms with Crippen LogP contribution in [-0.4, -0.2) is 56.0 Å². The van der Waals surface area contributed by atoms with Crippen LogP contribution < -0.4 is 10.6 Å². The standard InChI is InChI=1S/C10H18N3O/c1-2-13(3-5-14-4-1)10-6-9(7-12-10)11-8-10/h9,11H,1-8H2. The van der Waals surface area contributed by atoms with Gasteiger partial charge in [0.1, 0.15) is 5.66 Å². The zero-order valence-electron chi connectivity index (χ0n) is 8.54. The SMILES string of the molecule is C1COCCN(C23CNC(C[N]2)C3)C1. The molecule has 0 aromatic heterocycles. The van der Waals surface area contributed by atoms with Crippen molar-refractivity contribution in [2.24, 2.45) is 0 Å². The van der Waals surface area contributed by atoms with Crippen LogP contribution in [0.5, 0.6) is 0 Å². The van der Waals surface area contributed by atoms with Crippen LogP contribution in [0.2, 0.25) is 0 Å². The lowest BCUT2D eigenvalue weighted by atomic mass is 10.1. The van der Waals surface area contributed by atoms with Crippen molar-refractivity contribution in [1.82, 2.24) is 15.5 Å². The Labute approximate surface area is 85.0 Å². The number of piperazine rings is 1. The van der Waals surface area contributed by atoms with E-state index in [0.29, 0.717) is 6.04 Å². The maximum absolute atomic E-state index is 5.48. The summed E-state index contributed by atoms with van der Waals surface area (Å²) in [5.41, 5.74) is 0.137. The second-order valence-electron chi connectivity index (χ2n) is 4.56. The van der Waals surface area contributed by atoms with E-state index in [-0.39, 0.29) is 5.66 Å². The summed E-state index contributed by atoms with van der Waals surface area (Å²) in [6, 6.07) is 0.652. The van der Waals surface area contributed by atoms with E-state index in [0.717, 1.165) is 45.8 Å². The Balaban J connectivity index is 1.73. The van der Waals surface area contributed by atoms with Gasteiger partial charge in [0.05, 0.1) is 6.61 Å². The van der Waals surface area contributed by atoms with Gasteiger partial charge in [0.15, 0.2) is 0 Å². The quantitative estimate of drug-likeness (QED) is 0.608. The second kappa shape index (κ2) is 3.45. The largest absolute Gasteiger partial charge is 0.380 e. The minimum Gasteiger partial charge on any atom is -0.380 e. The van der Waals surface area contributed by atoms with Crippen LogP contribution in [0.1, 0.15) is 12.8 Å². The molecule has 3 aliphatic heterocycles. The van der Waals surface area contributed by atoms with E-state index in [4.69, 9.17) is 10.1 Å². The number of rotatable bonds is 1. The topological polar surface area (TPSA) is 38.6 Å². The molecule has 2 atom stereocenters. The third-order valence-electron chi connectivity index (χ3n) is 3.66. The van der Waals surface area contributed by atoms with Crippen LogP contribution in [0, 0.1) is 0 Å². The van der Waals surface area contributed by atoms with E-state index in [1.165, 1.54) is 6.42 Å². The van der Waals surface area contributed by atoms with Gasteiger partial charge in [-0.15, -0.1) is 0 Å². The lowest BCUT2D eigenvalue weighted by molar-refractivity contribution is 0.0718. The van der Waals surface area contributed by atoms with Gasteiger partial charge in [-0.2, -0.15) is 0 Å². The highest BCUT2D eigenvalue weighted by molar-refractivity contribution is 5.06. The average molecular weight is 196 g/mol. The summed E-state index contributed by atoms with van der Waals surface area (Å²) in [5, 5.41) is 8.35. The minimum atomic E-state index is 0.137. The van der Waals surface area contributed by atoms with Gasteiger partial charge in [-0.3, -0.25) is 4.90 Å². The first kappa shape index (κ1) is 9.09. The Bertz CT molecular complexity index is 205. The molecular weight excluding hydrogens is 178 g/mol. The Morgan fingerprint density at radius 3 is 3.07 bits per heavy atom. The maximum atomic E-state index is 5.48. The van der Waals surface area contributed by atoms with Gasteiger partial charge in [-0.05, 0) is 12.8 Å². The third kappa shape index (κ3) is 1.37. The van der Waals surface area contributed by atoms with E-state index < -0.39 is 0 Å². The van der Waals surface area contributed by atoms with E-state index >= 15 is 0 Å². The zero-order chi connectivity index (χ0) is 9.43. The molecule has 0 saturated carbocycles. The van der Waals surface area contributed by atoms with Crippen molar-refractivity contribution in [2.45, 2.75) is 24.5 Å². The first-order valence-corrected chi connectivity index (χ1v) is 5.64. The first-order chi connectivity index (χ1) is 6.89. The predicted molar refractivity (Wildman–Crippen MR) is 53.1 cm³/mol. The summed E-state index contributed by atoms with van der Waals surface area (Å²) in [4.78, 5) is 2.53. The molecule has 1 N–H and O–H groups in total. The summed E-state index contributed by atoms with van der Waals surface area (Å²) in [7, 11) is 0. The number of nitrogens with zero attached hydrogens (tertiary/aromatic N) is 2. The smallest absolute Gasteiger partial charge is 0.102 e. The molecule has 0 spiro atoms. The van der Waals surface area contributed by atoms with Crippen LogP contribution in [0.4, 0.5) is 0 Å². The maximum Gasteiger partial charge on any atom is 0.102 e. The molecule has 3 saturated heterocycles. The summed E-state index contributed by atoms with van der Waals surface area (Å²) in [5.74, 6) is 0. The van der Waals surface area contributed by atoms with Crippen molar-refractivity contribution < 1.29 is 4.74 Å². The predicted octanol–water partition coefficient (Wildman–Crippen LogP) is -0.615. The molecule has 3 heterocycles. The van der Waals surface area contributed by atoms with Crippen LogP contribution in [-0.2, 0) is 4.74 Å². The lowest BCUT2D eigenvalue weighted by Gasteiger charge is -2.37. The summed E-state index contributed by atoms with van der Waals surface area (Å²) in [6.07, 6.45) is 2.37. The Morgan fingerprint density at radius 1 is 1.36 bits per heavy atom. The number of hydrogen-bond acceptors (Lipinski definition) is 3. The molecule has 2 unspecified atom stereocenters. The van der Waals surface area contributed by atoms with Gasteiger partial charge in [0.25, 0.3) is 0 Å². The normalized spacial score (nSPS) is 44.1. The van der Waals surface area contributed by atoms with Crippen molar-refractivity contribution in [1.29, 1.82) is 0 Å². The van der Waals surface area contributed by atoms with Crippen LogP contribution in [0.25, 0.3) is 0 Å². The molecule has 3 fully saturated rings. The molecule has 3 aliphatic rings. The Hall–Kier alpha value is -0.160. The van der Waals surface area contributed by atoms with Crippen LogP contribution >= 0.6 is 0 Å². The van der Waals surface area contributed by atoms with Gasteiger partial charge in [-0.1, -0.05) is 0 Å². The Morgan fingerprint density at radius 2 is 2.36 bits per heavy atom. The fourth-order valence-corrected chi connectivity index (χ4v) is 2.88. The van der Waals surface area contributed by atoms with Gasteiger partial charge >= 0.3 is 0 Å². The summed E-state index contributed by atoms with van der Waals surface area (Å²) >= 11 is 0. The van der Waals surface area contributed by atoms with Crippen LogP contribution in [0.15, 0.2) is 0 Å². The first-order valence-electron chi connectivity index (χ1n) is 5.64. The van der Waals surface area contributed by atoms with E-state index in [9.17, 15) is 0 Å². The van der Waals surface area contributed by atoms with E-state index in [2.05, 4.69) is 10.2 Å². The number of fused-ring (bicyclic) bond motifs is 2. The fourth-order valence-electron chi connectivity index (χ4n) is 2.88. The molecule has 0 aliphatic carbocycles. The summed E-state index contributed by atoms with van der Waals surface area (Å²) in [6.45, 7) is 6.07. The molecule has 79 valence electrons. The van der Waals surface area contributed by atoms with Gasteiger partial charge in [0.2, 0.25) is 0 Å². The second-order valence-corrected chi connectivity index (χ2v) is 4.56. The molecule has 14 heavy (non-hydrogen) atoms. The molecule has 4 nitrogen and oxygen atoms in total. The third-order valence-corrected chi connectivity index (χ3v) is 3.66. The number of ether oxygens (including phenoxy) is 1. The minimum absolute atomic E-state index is 0.137. The van der Waals surface area contributed by atoms with Gasteiger partial charge in [-0.25, -0.2) is 5.32 Å². The van der Waals surface area contributed by atoms with Crippen LogP contribution in [0.3, 0.4) is 0 Å². The van der Waals surface area contributed by atoms with Crippen molar-refractivity contribution in [3.05, 3.63) is 0 Å². The van der Waals surface area contributed by atoms with E-state index in [1.807, 2.05) is 0 Å². The van der Waals surface area contributed by atoms with Crippen molar-refractivity contribution >= 4 is 0 Å². The average Bonchev–Trinajstić information content (AvgIpc) is 2.70. The lowest BCUT2D eigenvalue weighted by Crippen LogP contribution is -2.57. The zero-order valence-corrected chi connectivity index (χ0v) is 8.54. The molecule has 3 rings (SSSR count). The molecular formula is C10H18N3O. The molecule has 4 heteroatoms. The Kier molecular flexibility index (Phi) is 2.24. The number of nitrogens with one attached hydrogen (secondary N) is 1. The number of hydrogen-bond donors (Lipinski definition) is 1. The fraction of sp³-hybridized carbons (Fsp3) is 1.00. The molecule has 0 aromatic rings. The molecule has 2 bridgehead atoms. The molecule has 1 radical (unpaired) electrons. The molecule has 0 amide bonds. The molecule has 0 aromatic carbocycles. The highest BCUT2D eigenvalue weighted by Gasteiger charge is 2.49. The highest BCUT2D eigenvalue weighted by Crippen LogP contribution is 2.31. The van der Waals surface area contributed by atoms with Crippen molar-refractivity contribution in [2.75, 3.05) is 39.4 Å². The van der Waals surface area contributed by atoms with E-state index in [1.54, 1.807) is 0 Å².